The summed E-state index contributed by atoms with van der Waals surface area (Å²) < 4.78 is 0. The zero-order chi connectivity index (χ0) is 9.68. The minimum absolute atomic E-state index is 0.0172. The van der Waals surface area contributed by atoms with Crippen molar-refractivity contribution in [3.05, 3.63) is 0 Å². The molecule has 0 aliphatic carbocycles. The topological polar surface area (TPSA) is 78.6 Å². The highest BCUT2D eigenvalue weighted by molar-refractivity contribution is 5.74. The summed E-state index contributed by atoms with van der Waals surface area (Å²) in [6.45, 7) is 2.17. The van der Waals surface area contributed by atoms with Crippen LogP contribution >= 0.6 is 0 Å². The van der Waals surface area contributed by atoms with Gasteiger partial charge in [0.05, 0.1) is 6.61 Å². The average Bonchev–Trinajstić information content (AvgIpc) is 2.16. The summed E-state index contributed by atoms with van der Waals surface area (Å²) >= 11 is 0. The lowest BCUT2D eigenvalue weighted by atomic mass is 10.2. The first kappa shape index (κ1) is 10.3. The van der Waals surface area contributed by atoms with Crippen molar-refractivity contribution in [2.24, 2.45) is 5.73 Å². The quantitative estimate of drug-likeness (QED) is 0.534. The van der Waals surface area contributed by atoms with Crippen molar-refractivity contribution in [2.75, 3.05) is 26.2 Å². The molecule has 1 saturated heterocycles. The molecular formula is C8H17N3O2. The number of carbonyl (C=O) groups excluding carboxylic acids is 1. The fraction of sp³-hybridized carbons (Fsp3) is 0.875. The van der Waals surface area contributed by atoms with Crippen molar-refractivity contribution in [3.8, 4) is 0 Å². The van der Waals surface area contributed by atoms with Crippen LogP contribution in [-0.2, 0) is 0 Å². The normalized spacial score (nSPS) is 19.8. The van der Waals surface area contributed by atoms with Gasteiger partial charge in [-0.3, -0.25) is 0 Å². The molecule has 76 valence electrons. The lowest BCUT2D eigenvalue weighted by molar-refractivity contribution is 0.179. The van der Waals surface area contributed by atoms with Crippen LogP contribution in [0.15, 0.2) is 0 Å². The number of aliphatic hydroxyl groups excluding tert-OH is 1. The zero-order valence-electron chi connectivity index (χ0n) is 7.70. The van der Waals surface area contributed by atoms with E-state index in [1.165, 1.54) is 0 Å². The van der Waals surface area contributed by atoms with Crippen LogP contribution in [0.4, 0.5) is 4.79 Å². The van der Waals surface area contributed by atoms with Crippen LogP contribution in [0, 0.1) is 0 Å². The van der Waals surface area contributed by atoms with Crippen LogP contribution in [0.2, 0.25) is 0 Å². The molecule has 1 aliphatic heterocycles. The molecule has 0 aromatic carbocycles. The second-order valence-electron chi connectivity index (χ2n) is 3.30. The molecule has 5 nitrogen and oxygen atoms in total. The second-order valence-corrected chi connectivity index (χ2v) is 3.30. The van der Waals surface area contributed by atoms with Gasteiger partial charge in [-0.15, -0.1) is 0 Å². The van der Waals surface area contributed by atoms with Gasteiger partial charge in [0, 0.05) is 25.7 Å². The summed E-state index contributed by atoms with van der Waals surface area (Å²) in [6, 6.07) is -0.230. The van der Waals surface area contributed by atoms with Gasteiger partial charge in [-0.25, -0.2) is 4.79 Å². The van der Waals surface area contributed by atoms with E-state index in [2.05, 4.69) is 5.32 Å². The van der Waals surface area contributed by atoms with Gasteiger partial charge in [0.15, 0.2) is 0 Å². The Morgan fingerprint density at radius 3 is 3.08 bits per heavy atom. The van der Waals surface area contributed by atoms with Crippen LogP contribution in [0.5, 0.6) is 0 Å². The molecule has 1 aliphatic rings. The lowest BCUT2D eigenvalue weighted by Crippen LogP contribution is -2.47. The summed E-state index contributed by atoms with van der Waals surface area (Å²) in [4.78, 5) is 12.9. The van der Waals surface area contributed by atoms with E-state index in [-0.39, 0.29) is 18.7 Å². The van der Waals surface area contributed by atoms with Gasteiger partial charge in [-0.2, -0.15) is 0 Å². The third kappa shape index (κ3) is 3.20. The third-order valence-electron chi connectivity index (χ3n) is 2.17. The highest BCUT2D eigenvalue weighted by Crippen LogP contribution is 2.01. The zero-order valence-corrected chi connectivity index (χ0v) is 7.70. The molecule has 1 heterocycles. The number of hydrogen-bond acceptors (Lipinski definition) is 3. The Morgan fingerprint density at radius 2 is 2.46 bits per heavy atom. The van der Waals surface area contributed by atoms with E-state index in [0.29, 0.717) is 13.0 Å². The molecular weight excluding hydrogens is 170 g/mol. The summed E-state index contributed by atoms with van der Waals surface area (Å²) in [6.07, 6.45) is 1.64. The van der Waals surface area contributed by atoms with Crippen molar-refractivity contribution in [3.63, 3.8) is 0 Å². The van der Waals surface area contributed by atoms with E-state index in [0.717, 1.165) is 19.5 Å². The Morgan fingerprint density at radius 1 is 1.69 bits per heavy atom. The first-order valence-corrected chi connectivity index (χ1v) is 4.63. The maximum atomic E-state index is 11.2. The summed E-state index contributed by atoms with van der Waals surface area (Å²) in [5.41, 5.74) is 5.53. The molecule has 1 unspecified atom stereocenters. The van der Waals surface area contributed by atoms with Gasteiger partial charge in [0.25, 0.3) is 0 Å². The van der Waals surface area contributed by atoms with Gasteiger partial charge in [0.1, 0.15) is 0 Å². The van der Waals surface area contributed by atoms with Crippen LogP contribution in [0.25, 0.3) is 0 Å². The van der Waals surface area contributed by atoms with E-state index < -0.39 is 0 Å². The number of urea groups is 1. The van der Waals surface area contributed by atoms with Gasteiger partial charge < -0.3 is 21.1 Å². The highest BCUT2D eigenvalue weighted by atomic mass is 16.3. The maximum Gasteiger partial charge on any atom is 0.317 e. The van der Waals surface area contributed by atoms with Crippen molar-refractivity contribution in [2.45, 2.75) is 18.9 Å². The van der Waals surface area contributed by atoms with E-state index >= 15 is 0 Å². The van der Waals surface area contributed by atoms with Crippen LogP contribution in [0.1, 0.15) is 12.8 Å². The Labute approximate surface area is 77.9 Å². The average molecular weight is 187 g/mol. The standard InChI is InChI=1S/C8H17N3O2/c9-7(6-12)2-5-11-4-1-3-10-8(11)13/h7,12H,1-6,9H2,(H,10,13). The highest BCUT2D eigenvalue weighted by Gasteiger charge is 2.17. The molecule has 0 radical (unpaired) electrons. The third-order valence-corrected chi connectivity index (χ3v) is 2.17. The molecule has 0 bridgehead atoms. The summed E-state index contributed by atoms with van der Waals surface area (Å²) in [5.74, 6) is 0. The first-order valence-electron chi connectivity index (χ1n) is 4.63. The Balaban J connectivity index is 2.22. The molecule has 1 atom stereocenters. The van der Waals surface area contributed by atoms with Crippen molar-refractivity contribution >= 4 is 6.03 Å². The Bertz CT molecular complexity index is 175. The second kappa shape index (κ2) is 5.04. The Kier molecular flexibility index (Phi) is 3.98. The molecule has 5 heteroatoms. The van der Waals surface area contributed by atoms with Crippen molar-refractivity contribution in [1.82, 2.24) is 10.2 Å². The number of nitrogens with zero attached hydrogens (tertiary/aromatic N) is 1. The molecule has 0 saturated carbocycles. The Hall–Kier alpha value is -0.810. The van der Waals surface area contributed by atoms with Gasteiger partial charge in [0.2, 0.25) is 0 Å². The summed E-state index contributed by atoms with van der Waals surface area (Å²) in [5, 5.41) is 11.4. The van der Waals surface area contributed by atoms with Gasteiger partial charge in [-0.05, 0) is 12.8 Å². The van der Waals surface area contributed by atoms with E-state index in [1.54, 1.807) is 4.90 Å². The predicted octanol–water partition coefficient (Wildman–Crippen LogP) is -0.889. The first-order chi connectivity index (χ1) is 6.24. The number of aliphatic hydroxyl groups is 1. The fourth-order valence-electron chi connectivity index (χ4n) is 1.30. The molecule has 4 N–H and O–H groups in total. The monoisotopic (exact) mass is 187 g/mol. The van der Waals surface area contributed by atoms with Crippen molar-refractivity contribution in [1.29, 1.82) is 0 Å². The largest absolute Gasteiger partial charge is 0.395 e. The van der Waals surface area contributed by atoms with Gasteiger partial charge >= 0.3 is 6.03 Å². The molecule has 13 heavy (non-hydrogen) atoms. The van der Waals surface area contributed by atoms with E-state index in [4.69, 9.17) is 10.8 Å². The van der Waals surface area contributed by atoms with E-state index in [1.807, 2.05) is 0 Å². The summed E-state index contributed by atoms with van der Waals surface area (Å²) in [7, 11) is 0. The molecule has 0 aromatic heterocycles. The van der Waals surface area contributed by atoms with Crippen molar-refractivity contribution < 1.29 is 9.90 Å². The molecule has 0 aromatic rings. The number of nitrogens with two attached hydrogens (primary N) is 1. The number of amides is 2. The molecule has 1 rings (SSSR count). The number of carbonyl (C=O) groups is 1. The smallest absolute Gasteiger partial charge is 0.317 e. The maximum absolute atomic E-state index is 11.2. The lowest BCUT2D eigenvalue weighted by Gasteiger charge is -2.28. The minimum Gasteiger partial charge on any atom is -0.395 e. The van der Waals surface area contributed by atoms with Gasteiger partial charge in [-0.1, -0.05) is 0 Å². The number of hydrogen-bond donors (Lipinski definition) is 3. The molecule has 2 amide bonds. The molecule has 1 fully saturated rings. The SMILES string of the molecule is NC(CO)CCN1CCCNC1=O. The fourth-order valence-corrected chi connectivity index (χ4v) is 1.30. The van der Waals surface area contributed by atoms with Crippen LogP contribution in [-0.4, -0.2) is 48.3 Å². The van der Waals surface area contributed by atoms with Crippen LogP contribution < -0.4 is 11.1 Å². The number of nitrogens with one attached hydrogen (secondary N) is 1. The van der Waals surface area contributed by atoms with Crippen LogP contribution in [0.3, 0.4) is 0 Å². The molecule has 0 spiro atoms. The predicted molar refractivity (Wildman–Crippen MR) is 49.3 cm³/mol. The number of rotatable bonds is 4. The minimum atomic E-state index is -0.213. The van der Waals surface area contributed by atoms with E-state index in [9.17, 15) is 4.79 Å².